The monoisotopic (exact) mass is 205 g/mol. The quantitative estimate of drug-likeness (QED) is 0.555. The second-order valence-corrected chi connectivity index (χ2v) is 3.47. The van der Waals surface area contributed by atoms with Crippen LogP contribution in [-0.4, -0.2) is 10.7 Å². The summed E-state index contributed by atoms with van der Waals surface area (Å²) in [5.74, 6) is 0. The standard InChI is InChI=1S/C6H9NOS2.C2H6/c1-3-5(2)10-6(9)7-4-8;1-2/h3-4H,1-2H3,(H,7,8,9);1-2H3/b5-3+;. The number of carbonyl (C=O) groups is 1. The molecule has 0 atom stereocenters. The predicted molar refractivity (Wildman–Crippen MR) is 60.2 cm³/mol. The third kappa shape index (κ3) is 9.65. The molecule has 0 saturated carbocycles. The molecule has 0 aliphatic heterocycles. The molecule has 4 heteroatoms. The number of hydrogen-bond acceptors (Lipinski definition) is 3. The van der Waals surface area contributed by atoms with E-state index in [4.69, 9.17) is 12.2 Å². The summed E-state index contributed by atoms with van der Waals surface area (Å²) in [6, 6.07) is 0. The zero-order valence-corrected chi connectivity index (χ0v) is 9.51. The molecule has 0 fully saturated rings. The largest absolute Gasteiger partial charge is 0.314 e. The SMILES string of the molecule is C/C=C(\C)SC(=S)NC=O.CC. The Morgan fingerprint density at radius 1 is 1.50 bits per heavy atom. The number of thioether (sulfide) groups is 1. The first-order valence-electron chi connectivity index (χ1n) is 3.75. The van der Waals surface area contributed by atoms with Gasteiger partial charge in [-0.25, -0.2) is 0 Å². The second kappa shape index (κ2) is 10.7. The maximum Gasteiger partial charge on any atom is 0.212 e. The number of nitrogens with one attached hydrogen (secondary N) is 1. The van der Waals surface area contributed by atoms with E-state index in [1.165, 1.54) is 11.8 Å². The Morgan fingerprint density at radius 2 is 2.00 bits per heavy atom. The van der Waals surface area contributed by atoms with E-state index in [0.717, 1.165) is 4.91 Å². The van der Waals surface area contributed by atoms with Crippen LogP contribution in [0.3, 0.4) is 0 Å². The molecular formula is C8H15NOS2. The predicted octanol–water partition coefficient (Wildman–Crippen LogP) is 2.70. The van der Waals surface area contributed by atoms with E-state index in [0.29, 0.717) is 10.7 Å². The van der Waals surface area contributed by atoms with Gasteiger partial charge in [0.25, 0.3) is 0 Å². The van der Waals surface area contributed by atoms with E-state index in [1.54, 1.807) is 0 Å². The molecular weight excluding hydrogens is 190 g/mol. The van der Waals surface area contributed by atoms with Crippen LogP contribution >= 0.6 is 24.0 Å². The molecule has 0 unspecified atom stereocenters. The van der Waals surface area contributed by atoms with Gasteiger partial charge in [-0.15, -0.1) is 0 Å². The molecule has 0 bridgehead atoms. The van der Waals surface area contributed by atoms with Crippen molar-refractivity contribution in [2.45, 2.75) is 27.7 Å². The maximum absolute atomic E-state index is 9.85. The van der Waals surface area contributed by atoms with Gasteiger partial charge in [0.2, 0.25) is 6.41 Å². The van der Waals surface area contributed by atoms with Gasteiger partial charge in [0, 0.05) is 0 Å². The van der Waals surface area contributed by atoms with Gasteiger partial charge >= 0.3 is 0 Å². The van der Waals surface area contributed by atoms with Crippen molar-refractivity contribution in [1.29, 1.82) is 0 Å². The fourth-order valence-corrected chi connectivity index (χ4v) is 1.24. The Kier molecular flexibility index (Phi) is 12.6. The molecule has 12 heavy (non-hydrogen) atoms. The van der Waals surface area contributed by atoms with Crippen LogP contribution in [0.5, 0.6) is 0 Å². The van der Waals surface area contributed by atoms with Crippen molar-refractivity contribution in [2.24, 2.45) is 0 Å². The molecule has 0 aliphatic rings. The molecule has 0 saturated heterocycles. The van der Waals surface area contributed by atoms with Crippen LogP contribution in [0.15, 0.2) is 11.0 Å². The van der Waals surface area contributed by atoms with Crippen molar-refractivity contribution in [3.05, 3.63) is 11.0 Å². The first-order valence-corrected chi connectivity index (χ1v) is 4.98. The van der Waals surface area contributed by atoms with Gasteiger partial charge in [-0.1, -0.05) is 43.9 Å². The van der Waals surface area contributed by atoms with Crippen molar-refractivity contribution in [3.63, 3.8) is 0 Å². The van der Waals surface area contributed by atoms with Crippen molar-refractivity contribution in [2.75, 3.05) is 0 Å². The Hall–Kier alpha value is -0.350. The number of thiocarbonyl (C=S) groups is 1. The summed E-state index contributed by atoms with van der Waals surface area (Å²) < 4.78 is 0.491. The zero-order valence-electron chi connectivity index (χ0n) is 7.88. The van der Waals surface area contributed by atoms with E-state index in [1.807, 2.05) is 33.8 Å². The molecule has 0 spiro atoms. The zero-order chi connectivity index (χ0) is 9.98. The van der Waals surface area contributed by atoms with Crippen molar-refractivity contribution < 1.29 is 4.79 Å². The van der Waals surface area contributed by atoms with E-state index in [2.05, 4.69) is 5.32 Å². The van der Waals surface area contributed by atoms with Gasteiger partial charge in [-0.3, -0.25) is 4.79 Å². The third-order valence-corrected chi connectivity index (χ3v) is 2.07. The Balaban J connectivity index is 0. The molecule has 0 aromatic heterocycles. The lowest BCUT2D eigenvalue weighted by atomic mass is 10.6. The van der Waals surface area contributed by atoms with Crippen LogP contribution in [0.4, 0.5) is 0 Å². The molecule has 0 aromatic carbocycles. The van der Waals surface area contributed by atoms with Gasteiger partial charge in [-0.2, -0.15) is 0 Å². The maximum atomic E-state index is 9.85. The summed E-state index contributed by atoms with van der Waals surface area (Å²) in [5.41, 5.74) is 0. The van der Waals surface area contributed by atoms with E-state index >= 15 is 0 Å². The first-order chi connectivity index (χ1) is 5.70. The minimum Gasteiger partial charge on any atom is -0.314 e. The topological polar surface area (TPSA) is 29.1 Å². The van der Waals surface area contributed by atoms with Crippen molar-refractivity contribution in [3.8, 4) is 0 Å². The molecule has 1 N–H and O–H groups in total. The van der Waals surface area contributed by atoms with Crippen LogP contribution in [0.1, 0.15) is 27.7 Å². The minimum atomic E-state index is 0.491. The lowest BCUT2D eigenvalue weighted by Crippen LogP contribution is -2.14. The molecule has 0 heterocycles. The lowest BCUT2D eigenvalue weighted by molar-refractivity contribution is -0.108. The van der Waals surface area contributed by atoms with Gasteiger partial charge in [0.1, 0.15) is 4.32 Å². The molecule has 0 aliphatic carbocycles. The number of amides is 1. The second-order valence-electron chi connectivity index (χ2n) is 1.55. The van der Waals surface area contributed by atoms with Crippen LogP contribution in [-0.2, 0) is 4.79 Å². The summed E-state index contributed by atoms with van der Waals surface area (Å²) in [6.45, 7) is 7.86. The smallest absolute Gasteiger partial charge is 0.212 e. The fourth-order valence-electron chi connectivity index (χ4n) is 0.283. The number of hydrogen-bond donors (Lipinski definition) is 1. The highest BCUT2D eigenvalue weighted by molar-refractivity contribution is 8.25. The number of allylic oxidation sites excluding steroid dienone is 2. The van der Waals surface area contributed by atoms with Gasteiger partial charge in [0.15, 0.2) is 0 Å². The highest BCUT2D eigenvalue weighted by Gasteiger charge is 1.94. The summed E-state index contributed by atoms with van der Waals surface area (Å²) in [6.07, 6.45) is 2.52. The Morgan fingerprint density at radius 3 is 2.33 bits per heavy atom. The van der Waals surface area contributed by atoms with Gasteiger partial charge < -0.3 is 5.32 Å². The third-order valence-electron chi connectivity index (χ3n) is 0.837. The fraction of sp³-hybridized carbons (Fsp3) is 0.500. The van der Waals surface area contributed by atoms with Crippen molar-refractivity contribution in [1.82, 2.24) is 5.32 Å². The van der Waals surface area contributed by atoms with Gasteiger partial charge in [-0.05, 0) is 18.8 Å². The van der Waals surface area contributed by atoms with E-state index in [-0.39, 0.29) is 0 Å². The van der Waals surface area contributed by atoms with Crippen molar-refractivity contribution >= 4 is 34.7 Å². The summed E-state index contributed by atoms with van der Waals surface area (Å²) >= 11 is 6.15. The van der Waals surface area contributed by atoms with E-state index in [9.17, 15) is 4.79 Å². The lowest BCUT2D eigenvalue weighted by Gasteiger charge is -1.98. The molecule has 1 amide bonds. The molecule has 0 aromatic rings. The summed E-state index contributed by atoms with van der Waals surface area (Å²) in [4.78, 5) is 10.9. The molecule has 2 nitrogen and oxygen atoms in total. The first kappa shape index (κ1) is 14.2. The molecule has 0 rings (SSSR count). The number of rotatable bonds is 2. The average molecular weight is 205 g/mol. The Labute approximate surface area is 83.8 Å². The van der Waals surface area contributed by atoms with Crippen LogP contribution in [0.2, 0.25) is 0 Å². The number of carbonyl (C=O) groups excluding carboxylic acids is 1. The summed E-state index contributed by atoms with van der Waals surface area (Å²) in [7, 11) is 0. The van der Waals surface area contributed by atoms with Crippen LogP contribution in [0, 0.1) is 0 Å². The summed E-state index contributed by atoms with van der Waals surface area (Å²) in [5, 5.41) is 2.38. The molecule has 0 radical (unpaired) electrons. The average Bonchev–Trinajstić information content (AvgIpc) is 2.08. The van der Waals surface area contributed by atoms with Crippen LogP contribution in [0.25, 0.3) is 0 Å². The van der Waals surface area contributed by atoms with Crippen LogP contribution < -0.4 is 5.32 Å². The van der Waals surface area contributed by atoms with Gasteiger partial charge in [0.05, 0.1) is 0 Å². The highest BCUT2D eigenvalue weighted by atomic mass is 32.2. The highest BCUT2D eigenvalue weighted by Crippen LogP contribution is 2.14. The normalized spacial score (nSPS) is 9.50. The van der Waals surface area contributed by atoms with E-state index < -0.39 is 0 Å². The Bertz CT molecular complexity index is 166. The molecule has 70 valence electrons. The minimum absolute atomic E-state index is 0.491.